The Balaban J connectivity index is 0.00000121. The molecule has 1 aliphatic rings. The summed E-state index contributed by atoms with van der Waals surface area (Å²) in [6.07, 6.45) is 2.74. The summed E-state index contributed by atoms with van der Waals surface area (Å²) in [6, 6.07) is 0. The van der Waals surface area contributed by atoms with Crippen molar-refractivity contribution in [2.24, 2.45) is 11.1 Å². The Morgan fingerprint density at radius 2 is 1.92 bits per heavy atom. The van der Waals surface area contributed by atoms with E-state index < -0.39 is 16.9 Å². The van der Waals surface area contributed by atoms with Crippen LogP contribution in [0.4, 0.5) is 0 Å². The van der Waals surface area contributed by atoms with Gasteiger partial charge in [0.1, 0.15) is 0 Å². The van der Waals surface area contributed by atoms with Gasteiger partial charge in [0.15, 0.2) is 0 Å². The molecule has 0 aromatic carbocycles. The Morgan fingerprint density at radius 3 is 2.00 bits per heavy atom. The molecule has 1 rings (SSSR count). The summed E-state index contributed by atoms with van der Waals surface area (Å²) < 4.78 is 0. The van der Waals surface area contributed by atoms with Gasteiger partial charge in [0.2, 0.25) is 0 Å². The number of rotatable bonds is 2. The predicted molar refractivity (Wildman–Crippen MR) is 49.4 cm³/mol. The molecular formula is C8H16ClNO2. The summed E-state index contributed by atoms with van der Waals surface area (Å²) in [6.45, 7) is 3.41. The van der Waals surface area contributed by atoms with E-state index in [0.717, 1.165) is 19.3 Å². The number of carbonyl (C=O) groups is 1. The fourth-order valence-corrected chi connectivity index (χ4v) is 1.40. The maximum Gasteiger partial charge on any atom is 0.310 e. The van der Waals surface area contributed by atoms with E-state index in [2.05, 4.69) is 0 Å². The van der Waals surface area contributed by atoms with E-state index >= 15 is 0 Å². The van der Waals surface area contributed by atoms with Crippen LogP contribution >= 0.6 is 12.4 Å². The number of hydrogen-bond donors (Lipinski definition) is 2. The Labute approximate surface area is 78.7 Å². The Bertz CT molecular complexity index is 187. The minimum Gasteiger partial charge on any atom is -0.481 e. The third kappa shape index (κ3) is 1.43. The summed E-state index contributed by atoms with van der Waals surface area (Å²) >= 11 is 0. The molecule has 0 bridgehead atoms. The monoisotopic (exact) mass is 193 g/mol. The molecule has 3 N–H and O–H groups in total. The Hall–Kier alpha value is -0.280. The average Bonchev–Trinajstić information content (AvgIpc) is 1.82. The highest BCUT2D eigenvalue weighted by atomic mass is 35.5. The first-order valence-corrected chi connectivity index (χ1v) is 3.92. The maximum atomic E-state index is 10.8. The van der Waals surface area contributed by atoms with Crippen molar-refractivity contribution in [3.63, 3.8) is 0 Å². The summed E-state index contributed by atoms with van der Waals surface area (Å²) in [5.41, 5.74) is 4.67. The molecule has 0 amide bonds. The number of nitrogens with two attached hydrogens (primary N) is 1. The van der Waals surface area contributed by atoms with Crippen LogP contribution in [0.25, 0.3) is 0 Å². The van der Waals surface area contributed by atoms with Crippen LogP contribution in [-0.2, 0) is 4.79 Å². The molecule has 72 valence electrons. The second-order valence-electron chi connectivity index (χ2n) is 3.94. The molecule has 0 unspecified atom stereocenters. The van der Waals surface area contributed by atoms with E-state index in [9.17, 15) is 4.79 Å². The third-order valence-electron chi connectivity index (χ3n) is 3.03. The lowest BCUT2D eigenvalue weighted by molar-refractivity contribution is -0.153. The largest absolute Gasteiger partial charge is 0.481 e. The van der Waals surface area contributed by atoms with E-state index in [1.54, 1.807) is 13.8 Å². The van der Waals surface area contributed by atoms with Gasteiger partial charge in [0, 0.05) is 5.54 Å². The van der Waals surface area contributed by atoms with Crippen LogP contribution < -0.4 is 5.73 Å². The van der Waals surface area contributed by atoms with E-state index in [1.165, 1.54) is 0 Å². The molecule has 0 spiro atoms. The summed E-state index contributed by atoms with van der Waals surface area (Å²) in [7, 11) is 0. The summed E-state index contributed by atoms with van der Waals surface area (Å²) in [5.74, 6) is -0.792. The maximum absolute atomic E-state index is 10.8. The fraction of sp³-hybridized carbons (Fsp3) is 0.875. The molecule has 1 fully saturated rings. The van der Waals surface area contributed by atoms with Crippen molar-refractivity contribution in [1.82, 2.24) is 0 Å². The SMILES string of the molecule is CC(C)(C(=O)O)C1(N)CCC1.Cl. The molecule has 0 aliphatic heterocycles. The van der Waals surface area contributed by atoms with Crippen LogP contribution in [0.3, 0.4) is 0 Å². The lowest BCUT2D eigenvalue weighted by atomic mass is 9.61. The molecule has 0 radical (unpaired) electrons. The van der Waals surface area contributed by atoms with Gasteiger partial charge in [-0.1, -0.05) is 0 Å². The highest BCUT2D eigenvalue weighted by Gasteiger charge is 2.50. The van der Waals surface area contributed by atoms with Crippen molar-refractivity contribution in [2.75, 3.05) is 0 Å². The number of aliphatic carboxylic acids is 1. The minimum absolute atomic E-state index is 0. The molecule has 12 heavy (non-hydrogen) atoms. The van der Waals surface area contributed by atoms with Gasteiger partial charge in [-0.25, -0.2) is 0 Å². The van der Waals surface area contributed by atoms with Crippen LogP contribution in [0, 0.1) is 5.41 Å². The zero-order valence-electron chi connectivity index (χ0n) is 7.46. The smallest absolute Gasteiger partial charge is 0.310 e. The van der Waals surface area contributed by atoms with Crippen LogP contribution in [0.5, 0.6) is 0 Å². The molecule has 0 aromatic rings. The van der Waals surface area contributed by atoms with Crippen molar-refractivity contribution in [2.45, 2.75) is 38.6 Å². The normalized spacial score (nSPS) is 20.6. The highest BCUT2D eigenvalue weighted by Crippen LogP contribution is 2.43. The van der Waals surface area contributed by atoms with Crippen molar-refractivity contribution in [3.05, 3.63) is 0 Å². The first kappa shape index (κ1) is 11.7. The van der Waals surface area contributed by atoms with Gasteiger partial charge < -0.3 is 10.8 Å². The molecule has 0 atom stereocenters. The molecule has 0 heterocycles. The lowest BCUT2D eigenvalue weighted by Gasteiger charge is -2.47. The van der Waals surface area contributed by atoms with Gasteiger partial charge in [0.25, 0.3) is 0 Å². The summed E-state index contributed by atoms with van der Waals surface area (Å²) in [4.78, 5) is 10.8. The molecule has 0 aromatic heterocycles. The zero-order chi connectivity index (χ0) is 8.70. The van der Waals surface area contributed by atoms with Gasteiger partial charge in [-0.3, -0.25) is 4.79 Å². The van der Waals surface area contributed by atoms with Gasteiger partial charge in [0.05, 0.1) is 5.41 Å². The topological polar surface area (TPSA) is 63.3 Å². The Kier molecular flexibility index (Phi) is 3.15. The first-order chi connectivity index (χ1) is 4.90. The van der Waals surface area contributed by atoms with E-state index in [1.807, 2.05) is 0 Å². The van der Waals surface area contributed by atoms with Crippen molar-refractivity contribution in [3.8, 4) is 0 Å². The van der Waals surface area contributed by atoms with Gasteiger partial charge in [-0.05, 0) is 33.1 Å². The molecule has 1 aliphatic carbocycles. The molecular weight excluding hydrogens is 178 g/mol. The van der Waals surface area contributed by atoms with Gasteiger partial charge in [-0.2, -0.15) is 0 Å². The second kappa shape index (κ2) is 3.23. The van der Waals surface area contributed by atoms with Crippen molar-refractivity contribution in [1.29, 1.82) is 0 Å². The number of carboxylic acids is 1. The molecule has 4 heteroatoms. The first-order valence-electron chi connectivity index (χ1n) is 3.92. The fourth-order valence-electron chi connectivity index (χ4n) is 1.40. The van der Waals surface area contributed by atoms with Crippen molar-refractivity contribution >= 4 is 18.4 Å². The van der Waals surface area contributed by atoms with E-state index in [-0.39, 0.29) is 12.4 Å². The number of hydrogen-bond acceptors (Lipinski definition) is 2. The molecule has 0 saturated heterocycles. The van der Waals surface area contributed by atoms with E-state index in [4.69, 9.17) is 10.8 Å². The summed E-state index contributed by atoms with van der Waals surface area (Å²) in [5, 5.41) is 8.86. The lowest BCUT2D eigenvalue weighted by Crippen LogP contribution is -2.60. The number of carboxylic acid groups (broad SMARTS) is 1. The minimum atomic E-state index is -0.792. The quantitative estimate of drug-likeness (QED) is 0.697. The van der Waals surface area contributed by atoms with Crippen LogP contribution in [0.2, 0.25) is 0 Å². The van der Waals surface area contributed by atoms with Gasteiger partial charge >= 0.3 is 5.97 Å². The van der Waals surface area contributed by atoms with Crippen LogP contribution in [0.15, 0.2) is 0 Å². The zero-order valence-corrected chi connectivity index (χ0v) is 8.28. The molecule has 3 nitrogen and oxygen atoms in total. The van der Waals surface area contributed by atoms with Crippen molar-refractivity contribution < 1.29 is 9.90 Å². The molecule has 1 saturated carbocycles. The standard InChI is InChI=1S/C8H15NO2.ClH/c1-7(2,6(10)11)8(9)4-3-5-8;/h3-5,9H2,1-2H3,(H,10,11);1H. The van der Waals surface area contributed by atoms with E-state index in [0.29, 0.717) is 0 Å². The predicted octanol–water partition coefficient (Wildman–Crippen LogP) is 1.40. The van der Waals surface area contributed by atoms with Crippen LogP contribution in [-0.4, -0.2) is 16.6 Å². The third-order valence-corrected chi connectivity index (χ3v) is 3.03. The second-order valence-corrected chi connectivity index (χ2v) is 3.94. The van der Waals surface area contributed by atoms with Gasteiger partial charge in [-0.15, -0.1) is 12.4 Å². The number of halogens is 1. The Morgan fingerprint density at radius 1 is 1.50 bits per heavy atom. The van der Waals surface area contributed by atoms with Crippen LogP contribution in [0.1, 0.15) is 33.1 Å². The highest BCUT2D eigenvalue weighted by molar-refractivity contribution is 5.85. The average molecular weight is 194 g/mol.